The fourth-order valence-electron chi connectivity index (χ4n) is 2.51. The summed E-state index contributed by atoms with van der Waals surface area (Å²) in [6, 6.07) is 20.0. The van der Waals surface area contributed by atoms with Gasteiger partial charge in [0.1, 0.15) is 0 Å². The standard InChI is InChI=1S/C21H17Cl3N2O2/c22-16-8-4-5-9-19(16)25-12-14-10-17(23)21(18(24)11-14)28-13-20(27)26-15-6-2-1-3-7-15/h1-11,25H,12-13H2,(H,26,27). The zero-order valence-corrected chi connectivity index (χ0v) is 17.0. The van der Waals surface area contributed by atoms with Gasteiger partial charge in [0.2, 0.25) is 0 Å². The highest BCUT2D eigenvalue weighted by Crippen LogP contribution is 2.34. The van der Waals surface area contributed by atoms with Gasteiger partial charge in [-0.2, -0.15) is 0 Å². The number of carbonyl (C=O) groups excluding carboxylic acids is 1. The van der Waals surface area contributed by atoms with Crippen molar-refractivity contribution >= 4 is 52.1 Å². The molecule has 0 aliphatic rings. The van der Waals surface area contributed by atoms with Crippen LogP contribution in [-0.4, -0.2) is 12.5 Å². The smallest absolute Gasteiger partial charge is 0.262 e. The van der Waals surface area contributed by atoms with Crippen LogP contribution < -0.4 is 15.4 Å². The van der Waals surface area contributed by atoms with Gasteiger partial charge in [-0.1, -0.05) is 65.1 Å². The van der Waals surface area contributed by atoms with Gasteiger partial charge in [0, 0.05) is 12.2 Å². The van der Waals surface area contributed by atoms with E-state index < -0.39 is 0 Å². The lowest BCUT2D eigenvalue weighted by molar-refractivity contribution is -0.118. The Balaban J connectivity index is 1.60. The van der Waals surface area contributed by atoms with Gasteiger partial charge in [0.25, 0.3) is 5.91 Å². The van der Waals surface area contributed by atoms with Crippen LogP contribution in [0.5, 0.6) is 5.75 Å². The van der Waals surface area contributed by atoms with Crippen molar-refractivity contribution < 1.29 is 9.53 Å². The maximum atomic E-state index is 12.0. The topological polar surface area (TPSA) is 50.4 Å². The van der Waals surface area contributed by atoms with Gasteiger partial charge >= 0.3 is 0 Å². The predicted molar refractivity (Wildman–Crippen MR) is 116 cm³/mol. The molecule has 3 rings (SSSR count). The fraction of sp³-hybridized carbons (Fsp3) is 0.0952. The lowest BCUT2D eigenvalue weighted by Crippen LogP contribution is -2.20. The lowest BCUT2D eigenvalue weighted by atomic mass is 10.2. The molecule has 3 aromatic rings. The average molecular weight is 436 g/mol. The van der Waals surface area contributed by atoms with Crippen LogP contribution in [-0.2, 0) is 11.3 Å². The number of anilines is 2. The Morgan fingerprint density at radius 2 is 1.50 bits per heavy atom. The number of carbonyl (C=O) groups is 1. The average Bonchev–Trinajstić information content (AvgIpc) is 2.67. The molecule has 0 saturated heterocycles. The Bertz CT molecular complexity index is 942. The Kier molecular flexibility index (Phi) is 7.04. The SMILES string of the molecule is O=C(COc1c(Cl)cc(CNc2ccccc2Cl)cc1Cl)Nc1ccccc1. The second-order valence-corrected chi connectivity index (χ2v) is 7.15. The van der Waals surface area contributed by atoms with E-state index in [0.29, 0.717) is 27.3 Å². The number of benzene rings is 3. The minimum atomic E-state index is -0.303. The third-order valence-electron chi connectivity index (χ3n) is 3.82. The first-order valence-electron chi connectivity index (χ1n) is 8.47. The van der Waals surface area contributed by atoms with Crippen molar-refractivity contribution in [2.45, 2.75) is 6.54 Å². The van der Waals surface area contributed by atoms with Gasteiger partial charge in [-0.05, 0) is 42.0 Å². The highest BCUT2D eigenvalue weighted by molar-refractivity contribution is 6.37. The Labute approximate surface area is 178 Å². The predicted octanol–water partition coefficient (Wildman–Crippen LogP) is 6.28. The lowest BCUT2D eigenvalue weighted by Gasteiger charge is -2.13. The highest BCUT2D eigenvalue weighted by Gasteiger charge is 2.12. The van der Waals surface area contributed by atoms with Crippen LogP contribution >= 0.6 is 34.8 Å². The zero-order valence-electron chi connectivity index (χ0n) is 14.7. The van der Waals surface area contributed by atoms with Crippen molar-refractivity contribution in [3.05, 3.63) is 87.4 Å². The van der Waals surface area contributed by atoms with E-state index in [1.165, 1.54) is 0 Å². The molecule has 7 heteroatoms. The Morgan fingerprint density at radius 3 is 2.18 bits per heavy atom. The van der Waals surface area contributed by atoms with Gasteiger partial charge in [-0.15, -0.1) is 0 Å². The van der Waals surface area contributed by atoms with E-state index in [1.807, 2.05) is 36.4 Å². The fourth-order valence-corrected chi connectivity index (χ4v) is 3.35. The molecule has 0 atom stereocenters. The van der Waals surface area contributed by atoms with Crippen molar-refractivity contribution in [3.8, 4) is 5.75 Å². The first-order chi connectivity index (χ1) is 13.5. The molecule has 3 aromatic carbocycles. The van der Waals surface area contributed by atoms with E-state index in [4.69, 9.17) is 39.5 Å². The molecule has 1 amide bonds. The van der Waals surface area contributed by atoms with Crippen LogP contribution in [0.4, 0.5) is 11.4 Å². The van der Waals surface area contributed by atoms with Gasteiger partial charge in [-0.25, -0.2) is 0 Å². The number of halogens is 3. The molecule has 0 saturated carbocycles. The van der Waals surface area contributed by atoms with Crippen LogP contribution in [0.2, 0.25) is 15.1 Å². The van der Waals surface area contributed by atoms with E-state index in [1.54, 1.807) is 30.3 Å². The molecule has 28 heavy (non-hydrogen) atoms. The summed E-state index contributed by atoms with van der Waals surface area (Å²) in [6.45, 7) is 0.281. The third-order valence-corrected chi connectivity index (χ3v) is 4.71. The van der Waals surface area contributed by atoms with Crippen molar-refractivity contribution in [2.24, 2.45) is 0 Å². The third kappa shape index (κ3) is 5.55. The Hall–Kier alpha value is -2.40. The summed E-state index contributed by atoms with van der Waals surface area (Å²) < 4.78 is 5.52. The summed E-state index contributed by atoms with van der Waals surface area (Å²) in [5.74, 6) is -0.0316. The van der Waals surface area contributed by atoms with E-state index >= 15 is 0 Å². The first-order valence-corrected chi connectivity index (χ1v) is 9.60. The van der Waals surface area contributed by atoms with Crippen molar-refractivity contribution in [1.29, 1.82) is 0 Å². The molecule has 0 radical (unpaired) electrons. The summed E-state index contributed by atoms with van der Waals surface area (Å²) in [5, 5.41) is 7.25. The van der Waals surface area contributed by atoms with Crippen LogP contribution in [0, 0.1) is 0 Å². The molecule has 0 unspecified atom stereocenters. The van der Waals surface area contributed by atoms with Gasteiger partial charge in [0.05, 0.1) is 20.8 Å². The summed E-state index contributed by atoms with van der Waals surface area (Å²) >= 11 is 18.7. The molecule has 0 spiro atoms. The minimum absolute atomic E-state index is 0.203. The molecule has 144 valence electrons. The first kappa shape index (κ1) is 20.3. The largest absolute Gasteiger partial charge is 0.481 e. The monoisotopic (exact) mass is 434 g/mol. The molecular formula is C21H17Cl3N2O2. The van der Waals surface area contributed by atoms with Gasteiger partial charge < -0.3 is 15.4 Å². The van der Waals surface area contributed by atoms with Crippen molar-refractivity contribution in [1.82, 2.24) is 0 Å². The zero-order chi connectivity index (χ0) is 19.9. The number of para-hydroxylation sites is 2. The molecule has 0 heterocycles. The van der Waals surface area contributed by atoms with E-state index in [2.05, 4.69) is 10.6 Å². The quantitative estimate of drug-likeness (QED) is 0.459. The molecule has 0 aliphatic heterocycles. The number of amides is 1. The number of hydrogen-bond acceptors (Lipinski definition) is 3. The normalized spacial score (nSPS) is 10.4. The molecule has 0 aromatic heterocycles. The summed E-state index contributed by atoms with van der Waals surface area (Å²) in [4.78, 5) is 12.0. The molecular weight excluding hydrogens is 419 g/mol. The second kappa shape index (κ2) is 9.69. The molecule has 0 fully saturated rings. The van der Waals surface area contributed by atoms with E-state index in [-0.39, 0.29) is 18.3 Å². The summed E-state index contributed by atoms with van der Waals surface area (Å²) in [6.07, 6.45) is 0. The van der Waals surface area contributed by atoms with Gasteiger partial charge in [0.15, 0.2) is 12.4 Å². The van der Waals surface area contributed by atoms with Gasteiger partial charge in [-0.3, -0.25) is 4.79 Å². The summed E-state index contributed by atoms with van der Waals surface area (Å²) in [5.41, 5.74) is 2.36. The van der Waals surface area contributed by atoms with E-state index in [0.717, 1.165) is 11.3 Å². The molecule has 4 nitrogen and oxygen atoms in total. The maximum Gasteiger partial charge on any atom is 0.262 e. The summed E-state index contributed by atoms with van der Waals surface area (Å²) in [7, 11) is 0. The molecule has 0 aliphatic carbocycles. The number of hydrogen-bond donors (Lipinski definition) is 2. The van der Waals surface area contributed by atoms with Crippen LogP contribution in [0.15, 0.2) is 66.7 Å². The number of rotatable bonds is 7. The van der Waals surface area contributed by atoms with Crippen LogP contribution in [0.3, 0.4) is 0 Å². The van der Waals surface area contributed by atoms with E-state index in [9.17, 15) is 4.79 Å². The van der Waals surface area contributed by atoms with Crippen molar-refractivity contribution in [2.75, 3.05) is 17.2 Å². The second-order valence-electron chi connectivity index (χ2n) is 5.92. The molecule has 2 N–H and O–H groups in total. The Morgan fingerprint density at radius 1 is 0.857 bits per heavy atom. The molecule has 0 bridgehead atoms. The highest BCUT2D eigenvalue weighted by atomic mass is 35.5. The maximum absolute atomic E-state index is 12.0. The van der Waals surface area contributed by atoms with Crippen LogP contribution in [0.1, 0.15) is 5.56 Å². The number of ether oxygens (including phenoxy) is 1. The number of nitrogens with one attached hydrogen (secondary N) is 2. The van der Waals surface area contributed by atoms with Crippen LogP contribution in [0.25, 0.3) is 0 Å². The van der Waals surface area contributed by atoms with Crippen molar-refractivity contribution in [3.63, 3.8) is 0 Å². The minimum Gasteiger partial charge on any atom is -0.481 e.